The van der Waals surface area contributed by atoms with Crippen LogP contribution in [-0.2, 0) is 9.59 Å². The number of rotatable bonds is 2. The molecule has 0 aromatic heterocycles. The summed E-state index contributed by atoms with van der Waals surface area (Å²) in [5.41, 5.74) is 8.00. The predicted molar refractivity (Wildman–Crippen MR) is 61.3 cm³/mol. The van der Waals surface area contributed by atoms with Gasteiger partial charge in [0.25, 0.3) is 0 Å². The Morgan fingerprint density at radius 2 is 1.88 bits per heavy atom. The van der Waals surface area contributed by atoms with Crippen molar-refractivity contribution in [3.8, 4) is 0 Å². The van der Waals surface area contributed by atoms with Crippen LogP contribution in [0.3, 0.4) is 0 Å². The van der Waals surface area contributed by atoms with Gasteiger partial charge >= 0.3 is 11.9 Å². The van der Waals surface area contributed by atoms with Crippen molar-refractivity contribution in [3.05, 3.63) is 23.8 Å². The first kappa shape index (κ1) is 14.7. The summed E-state index contributed by atoms with van der Waals surface area (Å²) >= 11 is 0. The van der Waals surface area contributed by atoms with E-state index in [9.17, 15) is 9.59 Å². The molecule has 7 heteroatoms. The summed E-state index contributed by atoms with van der Waals surface area (Å²) in [5, 5.41) is 23.5. The van der Waals surface area contributed by atoms with Crippen LogP contribution in [0.2, 0.25) is 0 Å². The van der Waals surface area contributed by atoms with Crippen molar-refractivity contribution in [2.24, 2.45) is 16.9 Å². The Morgan fingerprint density at radius 3 is 2.24 bits per heavy atom. The molecule has 0 radical (unpaired) electrons. The van der Waals surface area contributed by atoms with Crippen LogP contribution in [-0.4, -0.2) is 28.1 Å². The van der Waals surface area contributed by atoms with Gasteiger partial charge in [-0.15, -0.1) is 0 Å². The quantitative estimate of drug-likeness (QED) is 0.336. The van der Waals surface area contributed by atoms with Gasteiger partial charge in [-0.2, -0.15) is 0 Å². The molecule has 0 aliphatic heterocycles. The molecule has 1 aliphatic rings. The Bertz CT molecular complexity index is 396. The lowest BCUT2D eigenvalue weighted by atomic mass is 9.80. The molecule has 7 N–H and O–H groups in total. The maximum absolute atomic E-state index is 10.8. The third-order valence-corrected chi connectivity index (χ3v) is 2.08. The zero-order valence-corrected chi connectivity index (χ0v) is 9.30. The zero-order chi connectivity index (χ0) is 13.6. The van der Waals surface area contributed by atoms with Gasteiger partial charge in [-0.05, 0) is 13.3 Å². The smallest absolute Gasteiger partial charge is 0.331 e. The van der Waals surface area contributed by atoms with Gasteiger partial charge in [0.2, 0.25) is 0 Å². The van der Waals surface area contributed by atoms with E-state index in [1.54, 1.807) is 0 Å². The average Bonchev–Trinajstić information content (AvgIpc) is 2.16. The molecule has 0 amide bonds. The zero-order valence-electron chi connectivity index (χ0n) is 9.30. The fourth-order valence-corrected chi connectivity index (χ4v) is 1.18. The van der Waals surface area contributed by atoms with Crippen molar-refractivity contribution < 1.29 is 19.8 Å². The van der Waals surface area contributed by atoms with Crippen molar-refractivity contribution in [1.29, 1.82) is 5.41 Å². The lowest BCUT2D eigenvalue weighted by molar-refractivity contribution is -0.145. The number of carbonyl (C=O) groups is 2. The third kappa shape index (κ3) is 4.83. The first-order chi connectivity index (χ1) is 7.69. The first-order valence-electron chi connectivity index (χ1n) is 4.63. The number of nitrogens with two attached hydrogens (primary N) is 2. The molecule has 0 saturated heterocycles. The van der Waals surface area contributed by atoms with Crippen LogP contribution in [0.25, 0.3) is 0 Å². The van der Waals surface area contributed by atoms with Gasteiger partial charge in [0.15, 0.2) is 5.96 Å². The summed E-state index contributed by atoms with van der Waals surface area (Å²) in [6.07, 6.45) is 4.43. The molecule has 1 unspecified atom stereocenters. The molecule has 0 bridgehead atoms. The van der Waals surface area contributed by atoms with Crippen LogP contribution in [0, 0.1) is 10.8 Å². The molecule has 94 valence electrons. The number of carboxylic acids is 2. The van der Waals surface area contributed by atoms with Crippen molar-refractivity contribution in [2.45, 2.75) is 13.3 Å². The lowest BCUT2D eigenvalue weighted by Crippen LogP contribution is -2.28. The SMILES string of the molecule is CC1(C(=O)O)C=CC=C(C(=O)O)C1.N=C(N)N. The highest BCUT2D eigenvalue weighted by Crippen LogP contribution is 2.31. The number of carboxylic acid groups (broad SMARTS) is 2. The maximum atomic E-state index is 10.8. The minimum Gasteiger partial charge on any atom is -0.481 e. The van der Waals surface area contributed by atoms with Crippen LogP contribution in [0.4, 0.5) is 0 Å². The van der Waals surface area contributed by atoms with Crippen LogP contribution in [0.1, 0.15) is 13.3 Å². The second kappa shape index (κ2) is 5.69. The molecule has 0 saturated carbocycles. The van der Waals surface area contributed by atoms with E-state index >= 15 is 0 Å². The van der Waals surface area contributed by atoms with Gasteiger partial charge < -0.3 is 21.7 Å². The van der Waals surface area contributed by atoms with E-state index in [-0.39, 0.29) is 18.0 Å². The number of nitrogens with one attached hydrogen (secondary N) is 1. The molecule has 0 aromatic rings. The van der Waals surface area contributed by atoms with Crippen LogP contribution < -0.4 is 11.5 Å². The van der Waals surface area contributed by atoms with E-state index in [4.69, 9.17) is 15.6 Å². The van der Waals surface area contributed by atoms with E-state index in [1.165, 1.54) is 25.2 Å². The van der Waals surface area contributed by atoms with Crippen LogP contribution in [0.5, 0.6) is 0 Å². The monoisotopic (exact) mass is 241 g/mol. The Hall–Kier alpha value is -2.31. The minimum absolute atomic E-state index is 0.0359. The molecular weight excluding hydrogens is 226 g/mol. The summed E-state index contributed by atoms with van der Waals surface area (Å²) in [4.78, 5) is 21.3. The number of hydrogen-bond acceptors (Lipinski definition) is 3. The Labute approximate surface area is 97.9 Å². The molecular formula is C10H15N3O4. The molecule has 0 aromatic carbocycles. The minimum atomic E-state index is -1.08. The van der Waals surface area contributed by atoms with E-state index in [0.717, 1.165) is 0 Å². The normalized spacial score (nSPS) is 21.8. The largest absolute Gasteiger partial charge is 0.481 e. The fourth-order valence-electron chi connectivity index (χ4n) is 1.18. The van der Waals surface area contributed by atoms with Crippen LogP contribution >= 0.6 is 0 Å². The van der Waals surface area contributed by atoms with Gasteiger partial charge in [-0.1, -0.05) is 18.2 Å². The molecule has 1 atom stereocenters. The van der Waals surface area contributed by atoms with Crippen molar-refractivity contribution in [3.63, 3.8) is 0 Å². The molecule has 0 heterocycles. The second-order valence-corrected chi connectivity index (χ2v) is 3.71. The van der Waals surface area contributed by atoms with Gasteiger partial charge in [0.1, 0.15) is 0 Å². The summed E-state index contributed by atoms with van der Waals surface area (Å²) < 4.78 is 0. The van der Waals surface area contributed by atoms with Crippen molar-refractivity contribution in [1.82, 2.24) is 0 Å². The summed E-state index contributed by atoms with van der Waals surface area (Å²) in [6, 6.07) is 0. The van der Waals surface area contributed by atoms with Gasteiger partial charge in [-0.3, -0.25) is 10.2 Å². The van der Waals surface area contributed by atoms with Crippen molar-refractivity contribution >= 4 is 17.9 Å². The van der Waals surface area contributed by atoms with Crippen molar-refractivity contribution in [2.75, 3.05) is 0 Å². The number of hydrogen-bond donors (Lipinski definition) is 5. The van der Waals surface area contributed by atoms with E-state index < -0.39 is 17.4 Å². The first-order valence-corrected chi connectivity index (χ1v) is 4.63. The highest BCUT2D eigenvalue weighted by Gasteiger charge is 2.34. The second-order valence-electron chi connectivity index (χ2n) is 3.71. The third-order valence-electron chi connectivity index (χ3n) is 2.08. The lowest BCUT2D eigenvalue weighted by Gasteiger charge is -2.23. The summed E-state index contributed by atoms with van der Waals surface area (Å²) in [6.45, 7) is 1.50. The number of aliphatic carboxylic acids is 2. The van der Waals surface area contributed by atoms with E-state index in [0.29, 0.717) is 0 Å². The standard InChI is InChI=1S/C9H10O4.CH5N3/c1-9(8(12)13)4-2-3-6(5-9)7(10)11;2-1(3)4/h2-4H,5H2,1H3,(H,10,11)(H,12,13);(H5,2,3,4). The molecule has 1 aliphatic carbocycles. The highest BCUT2D eigenvalue weighted by atomic mass is 16.4. The van der Waals surface area contributed by atoms with Gasteiger partial charge in [0.05, 0.1) is 5.41 Å². The summed E-state index contributed by atoms with van der Waals surface area (Å²) in [5.74, 6) is -2.40. The highest BCUT2D eigenvalue weighted by molar-refractivity contribution is 5.90. The molecule has 0 fully saturated rings. The maximum Gasteiger partial charge on any atom is 0.331 e. The van der Waals surface area contributed by atoms with Gasteiger partial charge in [-0.25, -0.2) is 4.79 Å². The molecule has 7 nitrogen and oxygen atoms in total. The molecule has 1 rings (SSSR count). The van der Waals surface area contributed by atoms with Crippen LogP contribution in [0.15, 0.2) is 23.8 Å². The molecule has 0 spiro atoms. The number of guanidine groups is 1. The average molecular weight is 241 g/mol. The predicted octanol–water partition coefficient (Wildman–Crippen LogP) is -0.113. The molecule has 17 heavy (non-hydrogen) atoms. The Morgan fingerprint density at radius 1 is 1.41 bits per heavy atom. The fraction of sp³-hybridized carbons (Fsp3) is 0.300. The van der Waals surface area contributed by atoms with E-state index in [1.807, 2.05) is 0 Å². The summed E-state index contributed by atoms with van der Waals surface area (Å²) in [7, 11) is 0. The Balaban J connectivity index is 0.000000557. The Kier molecular flexibility index (Phi) is 4.91. The topological polar surface area (TPSA) is 150 Å². The number of allylic oxidation sites excluding steroid dienone is 2. The van der Waals surface area contributed by atoms with E-state index in [2.05, 4.69) is 11.5 Å². The van der Waals surface area contributed by atoms with Gasteiger partial charge in [0, 0.05) is 5.57 Å².